The molecule has 4 heteroatoms. The zero-order valence-electron chi connectivity index (χ0n) is 9.32. The Bertz CT molecular complexity index is 252. The van der Waals surface area contributed by atoms with E-state index < -0.39 is 11.9 Å². The van der Waals surface area contributed by atoms with Crippen molar-refractivity contribution in [1.29, 1.82) is 0 Å². The van der Waals surface area contributed by atoms with Gasteiger partial charge in [0.15, 0.2) is 0 Å². The number of aliphatic carboxylic acids is 1. The number of carboxylic acids is 1. The van der Waals surface area contributed by atoms with Crippen LogP contribution in [0.5, 0.6) is 0 Å². The lowest BCUT2D eigenvalue weighted by Gasteiger charge is -2.14. The van der Waals surface area contributed by atoms with E-state index in [1.54, 1.807) is 0 Å². The molecule has 15 heavy (non-hydrogen) atoms. The zero-order chi connectivity index (χ0) is 11.4. The summed E-state index contributed by atoms with van der Waals surface area (Å²) in [5, 5.41) is 11.8. The summed E-state index contributed by atoms with van der Waals surface area (Å²) in [5.41, 5.74) is 0. The number of hydrogen-bond acceptors (Lipinski definition) is 2. The van der Waals surface area contributed by atoms with E-state index in [1.807, 2.05) is 13.8 Å². The third-order valence-electron chi connectivity index (χ3n) is 3.00. The molecular formula is C11H19NO3. The summed E-state index contributed by atoms with van der Waals surface area (Å²) in [6.45, 7) is 4.62. The second kappa shape index (κ2) is 5.14. The summed E-state index contributed by atoms with van der Waals surface area (Å²) in [7, 11) is 0. The quantitative estimate of drug-likeness (QED) is 0.738. The maximum absolute atomic E-state index is 11.7. The minimum Gasteiger partial charge on any atom is -0.481 e. The molecule has 0 aromatic heterocycles. The number of nitrogens with one attached hydrogen (secondary N) is 1. The summed E-state index contributed by atoms with van der Waals surface area (Å²) in [6.07, 6.45) is 2.21. The predicted molar refractivity (Wildman–Crippen MR) is 56.3 cm³/mol. The molecule has 0 spiro atoms. The highest BCUT2D eigenvalue weighted by Crippen LogP contribution is 2.36. The van der Waals surface area contributed by atoms with Crippen molar-refractivity contribution in [2.75, 3.05) is 6.54 Å². The fraction of sp³-hybridized carbons (Fsp3) is 0.818. The molecule has 1 saturated carbocycles. The van der Waals surface area contributed by atoms with Crippen molar-refractivity contribution in [3.05, 3.63) is 0 Å². The largest absolute Gasteiger partial charge is 0.481 e. The molecule has 4 nitrogen and oxygen atoms in total. The standard InChI is InChI=1S/C11H19NO3/c1-3-4-12-10(13)8-5-7(2)6-9(8)11(14)15/h7-9H,3-6H2,1-2H3,(H,12,13)(H,14,15)/t7?,8-,9+/m0/s1. The van der Waals surface area contributed by atoms with Gasteiger partial charge in [-0.05, 0) is 25.2 Å². The van der Waals surface area contributed by atoms with E-state index in [4.69, 9.17) is 5.11 Å². The molecular weight excluding hydrogens is 194 g/mol. The van der Waals surface area contributed by atoms with E-state index in [0.717, 1.165) is 6.42 Å². The van der Waals surface area contributed by atoms with Gasteiger partial charge in [0, 0.05) is 6.54 Å². The maximum atomic E-state index is 11.7. The molecule has 1 aliphatic rings. The van der Waals surface area contributed by atoms with Crippen LogP contribution in [-0.4, -0.2) is 23.5 Å². The summed E-state index contributed by atoms with van der Waals surface area (Å²) in [5.74, 6) is -1.41. The topological polar surface area (TPSA) is 66.4 Å². The van der Waals surface area contributed by atoms with Crippen LogP contribution in [0, 0.1) is 17.8 Å². The van der Waals surface area contributed by atoms with Crippen molar-refractivity contribution >= 4 is 11.9 Å². The smallest absolute Gasteiger partial charge is 0.307 e. The number of carbonyl (C=O) groups is 2. The second-order valence-corrected chi connectivity index (χ2v) is 4.42. The summed E-state index contributed by atoms with van der Waals surface area (Å²) in [4.78, 5) is 22.6. The van der Waals surface area contributed by atoms with E-state index in [9.17, 15) is 9.59 Å². The van der Waals surface area contributed by atoms with Gasteiger partial charge in [0.05, 0.1) is 11.8 Å². The molecule has 1 aliphatic carbocycles. The number of carbonyl (C=O) groups excluding carboxylic acids is 1. The van der Waals surface area contributed by atoms with Crippen LogP contribution in [-0.2, 0) is 9.59 Å². The van der Waals surface area contributed by atoms with E-state index in [-0.39, 0.29) is 11.8 Å². The Morgan fingerprint density at radius 1 is 1.33 bits per heavy atom. The van der Waals surface area contributed by atoms with Crippen LogP contribution in [0.15, 0.2) is 0 Å². The third-order valence-corrected chi connectivity index (χ3v) is 3.00. The highest BCUT2D eigenvalue weighted by atomic mass is 16.4. The van der Waals surface area contributed by atoms with Crippen LogP contribution >= 0.6 is 0 Å². The third kappa shape index (κ3) is 2.94. The molecule has 2 N–H and O–H groups in total. The van der Waals surface area contributed by atoms with Gasteiger partial charge in [-0.3, -0.25) is 9.59 Å². The van der Waals surface area contributed by atoms with Gasteiger partial charge in [-0.2, -0.15) is 0 Å². The van der Waals surface area contributed by atoms with E-state index in [2.05, 4.69) is 5.32 Å². The molecule has 0 aliphatic heterocycles. The zero-order valence-corrected chi connectivity index (χ0v) is 9.32. The maximum Gasteiger partial charge on any atom is 0.307 e. The Labute approximate surface area is 90.0 Å². The molecule has 0 aromatic rings. The molecule has 3 atom stereocenters. The lowest BCUT2D eigenvalue weighted by atomic mass is 9.95. The van der Waals surface area contributed by atoms with Gasteiger partial charge in [0.2, 0.25) is 5.91 Å². The minimum absolute atomic E-state index is 0.0893. The molecule has 0 bridgehead atoms. The first kappa shape index (κ1) is 12.0. The summed E-state index contributed by atoms with van der Waals surface area (Å²) >= 11 is 0. The molecule has 1 unspecified atom stereocenters. The molecule has 1 fully saturated rings. The molecule has 86 valence electrons. The second-order valence-electron chi connectivity index (χ2n) is 4.42. The Morgan fingerprint density at radius 3 is 2.47 bits per heavy atom. The lowest BCUT2D eigenvalue weighted by molar-refractivity contribution is -0.146. The highest BCUT2D eigenvalue weighted by Gasteiger charge is 2.40. The molecule has 0 heterocycles. The van der Waals surface area contributed by atoms with Crippen LogP contribution < -0.4 is 5.32 Å². The normalized spacial score (nSPS) is 30.1. The number of hydrogen-bond donors (Lipinski definition) is 2. The first-order valence-corrected chi connectivity index (χ1v) is 5.56. The van der Waals surface area contributed by atoms with Crippen LogP contribution in [0.25, 0.3) is 0 Å². The first-order valence-electron chi connectivity index (χ1n) is 5.56. The van der Waals surface area contributed by atoms with E-state index >= 15 is 0 Å². The van der Waals surface area contributed by atoms with Crippen molar-refractivity contribution in [3.63, 3.8) is 0 Å². The first-order chi connectivity index (χ1) is 7.06. The van der Waals surface area contributed by atoms with Crippen molar-refractivity contribution < 1.29 is 14.7 Å². The van der Waals surface area contributed by atoms with Gasteiger partial charge in [0.1, 0.15) is 0 Å². The van der Waals surface area contributed by atoms with E-state index in [0.29, 0.717) is 25.3 Å². The number of amides is 1. The Kier molecular flexibility index (Phi) is 4.12. The van der Waals surface area contributed by atoms with Gasteiger partial charge >= 0.3 is 5.97 Å². The average Bonchev–Trinajstić information content (AvgIpc) is 2.57. The van der Waals surface area contributed by atoms with Gasteiger partial charge in [0.25, 0.3) is 0 Å². The van der Waals surface area contributed by atoms with Crippen LogP contribution in [0.4, 0.5) is 0 Å². The Morgan fingerprint density at radius 2 is 1.93 bits per heavy atom. The van der Waals surface area contributed by atoms with Gasteiger partial charge in [-0.1, -0.05) is 13.8 Å². The monoisotopic (exact) mass is 213 g/mol. The molecule has 1 rings (SSSR count). The van der Waals surface area contributed by atoms with Crippen molar-refractivity contribution in [2.24, 2.45) is 17.8 Å². The van der Waals surface area contributed by atoms with Crippen LogP contribution in [0.1, 0.15) is 33.1 Å². The fourth-order valence-corrected chi connectivity index (χ4v) is 2.23. The van der Waals surface area contributed by atoms with E-state index in [1.165, 1.54) is 0 Å². The SMILES string of the molecule is CCCNC(=O)[C@H]1CC(C)C[C@H]1C(=O)O. The van der Waals surface area contributed by atoms with Gasteiger partial charge in [-0.25, -0.2) is 0 Å². The van der Waals surface area contributed by atoms with Gasteiger partial charge in [-0.15, -0.1) is 0 Å². The van der Waals surface area contributed by atoms with Crippen LogP contribution in [0.2, 0.25) is 0 Å². The highest BCUT2D eigenvalue weighted by molar-refractivity contribution is 5.85. The molecule has 0 radical (unpaired) electrons. The van der Waals surface area contributed by atoms with Gasteiger partial charge < -0.3 is 10.4 Å². The fourth-order valence-electron chi connectivity index (χ4n) is 2.23. The van der Waals surface area contributed by atoms with Crippen molar-refractivity contribution in [1.82, 2.24) is 5.32 Å². The summed E-state index contributed by atoms with van der Waals surface area (Å²) < 4.78 is 0. The number of rotatable bonds is 4. The summed E-state index contributed by atoms with van der Waals surface area (Å²) in [6, 6.07) is 0. The van der Waals surface area contributed by atoms with Crippen LogP contribution in [0.3, 0.4) is 0 Å². The predicted octanol–water partition coefficient (Wildman–Crippen LogP) is 1.26. The minimum atomic E-state index is -0.837. The molecule has 0 saturated heterocycles. The molecule has 0 aromatic carbocycles. The average molecular weight is 213 g/mol. The molecule has 1 amide bonds. The van der Waals surface area contributed by atoms with Crippen molar-refractivity contribution in [2.45, 2.75) is 33.1 Å². The lowest BCUT2D eigenvalue weighted by Crippen LogP contribution is -2.35. The number of carboxylic acid groups (broad SMARTS) is 1. The Hall–Kier alpha value is -1.06. The van der Waals surface area contributed by atoms with Crippen molar-refractivity contribution in [3.8, 4) is 0 Å². The Balaban J connectivity index is 2.58.